The second-order valence-corrected chi connectivity index (χ2v) is 9.13. The van der Waals surface area contributed by atoms with Crippen LogP contribution in [0.4, 0.5) is 0 Å². The largest absolute Gasteiger partial charge is 0.508 e. The van der Waals surface area contributed by atoms with Gasteiger partial charge in [0.25, 0.3) is 0 Å². The van der Waals surface area contributed by atoms with Gasteiger partial charge in [-0.2, -0.15) is 0 Å². The van der Waals surface area contributed by atoms with Crippen LogP contribution in [0.2, 0.25) is 0 Å². The molecule has 4 heteroatoms. The smallest absolute Gasteiger partial charge is 0.152 e. The number of aromatic hydroxyl groups is 1. The first-order chi connectivity index (χ1) is 17.2. The van der Waals surface area contributed by atoms with Crippen LogP contribution in [-0.4, -0.2) is 43.0 Å². The Balaban J connectivity index is 0.000000572. The molecule has 3 aromatic rings. The molecular formula is C32H39NO3. The highest BCUT2D eigenvalue weighted by molar-refractivity contribution is 5.98. The van der Waals surface area contributed by atoms with E-state index in [2.05, 4.69) is 48.2 Å². The van der Waals surface area contributed by atoms with E-state index in [-0.39, 0.29) is 11.5 Å². The minimum absolute atomic E-state index is 0.125. The zero-order chi connectivity index (χ0) is 26.5. The van der Waals surface area contributed by atoms with Crippen LogP contribution < -0.4 is 4.74 Å². The summed E-state index contributed by atoms with van der Waals surface area (Å²) in [6.07, 6.45) is 2.52. The minimum atomic E-state index is 0.125. The Morgan fingerprint density at radius 1 is 0.833 bits per heavy atom. The van der Waals surface area contributed by atoms with E-state index >= 15 is 0 Å². The van der Waals surface area contributed by atoms with Gasteiger partial charge in [0.1, 0.15) is 18.1 Å². The van der Waals surface area contributed by atoms with E-state index < -0.39 is 0 Å². The molecule has 190 valence electrons. The number of hydrogen-bond acceptors (Lipinski definition) is 4. The van der Waals surface area contributed by atoms with Gasteiger partial charge in [0.2, 0.25) is 0 Å². The van der Waals surface area contributed by atoms with Crippen molar-refractivity contribution in [3.05, 3.63) is 107 Å². The van der Waals surface area contributed by atoms with Gasteiger partial charge in [-0.3, -0.25) is 4.79 Å². The van der Waals surface area contributed by atoms with E-state index in [4.69, 9.17) is 4.74 Å². The predicted octanol–water partition coefficient (Wildman–Crippen LogP) is 7.24. The number of ether oxygens (including phenoxy) is 1. The third-order valence-electron chi connectivity index (χ3n) is 5.38. The summed E-state index contributed by atoms with van der Waals surface area (Å²) in [5, 5.41) is 9.74. The number of allylic oxidation sites excluding steroid dienone is 3. The molecule has 36 heavy (non-hydrogen) atoms. The second kappa shape index (κ2) is 14.7. The van der Waals surface area contributed by atoms with Crippen LogP contribution >= 0.6 is 0 Å². The number of likely N-dealkylation sites (N-methyl/N-ethyl adjacent to an activating group) is 1. The second-order valence-electron chi connectivity index (χ2n) is 9.13. The SMILES string of the molecule is CC(=O)C=C(C)C.CC/C(=C(\c1ccc(O)cc1)c1ccc(OCCN(C)C)cc1)c1ccccc1. The Hall–Kier alpha value is -3.63. The van der Waals surface area contributed by atoms with Gasteiger partial charge in [0.15, 0.2) is 5.78 Å². The highest BCUT2D eigenvalue weighted by atomic mass is 16.5. The van der Waals surface area contributed by atoms with Crippen molar-refractivity contribution in [3.63, 3.8) is 0 Å². The van der Waals surface area contributed by atoms with Crippen LogP contribution in [0, 0.1) is 0 Å². The van der Waals surface area contributed by atoms with Crippen molar-refractivity contribution in [2.24, 2.45) is 0 Å². The number of benzene rings is 3. The molecule has 0 spiro atoms. The first kappa shape index (κ1) is 28.6. The average molecular weight is 486 g/mol. The Labute approximate surface area is 216 Å². The van der Waals surface area contributed by atoms with Crippen LogP contribution in [0.25, 0.3) is 11.1 Å². The van der Waals surface area contributed by atoms with Gasteiger partial charge in [-0.25, -0.2) is 0 Å². The van der Waals surface area contributed by atoms with E-state index in [0.29, 0.717) is 6.61 Å². The van der Waals surface area contributed by atoms with E-state index in [9.17, 15) is 9.90 Å². The molecule has 0 aromatic heterocycles. The molecule has 0 radical (unpaired) electrons. The summed E-state index contributed by atoms with van der Waals surface area (Å²) in [7, 11) is 4.08. The summed E-state index contributed by atoms with van der Waals surface area (Å²) in [5.41, 5.74) is 6.95. The van der Waals surface area contributed by atoms with Crippen molar-refractivity contribution in [1.29, 1.82) is 0 Å². The van der Waals surface area contributed by atoms with E-state index in [1.54, 1.807) is 25.1 Å². The number of rotatable bonds is 9. The van der Waals surface area contributed by atoms with Crippen LogP contribution in [-0.2, 0) is 4.79 Å². The van der Waals surface area contributed by atoms with Crippen LogP contribution in [0.15, 0.2) is 90.5 Å². The van der Waals surface area contributed by atoms with Crippen LogP contribution in [0.5, 0.6) is 11.5 Å². The molecule has 0 fully saturated rings. The van der Waals surface area contributed by atoms with Gasteiger partial charge in [0.05, 0.1) is 0 Å². The van der Waals surface area contributed by atoms with Gasteiger partial charge in [0, 0.05) is 6.54 Å². The average Bonchev–Trinajstić information content (AvgIpc) is 2.84. The number of phenolic OH excluding ortho intramolecular Hbond substituents is 1. The van der Waals surface area contributed by atoms with E-state index in [1.807, 2.05) is 58.3 Å². The monoisotopic (exact) mass is 485 g/mol. The zero-order valence-electron chi connectivity index (χ0n) is 22.4. The van der Waals surface area contributed by atoms with Crippen molar-refractivity contribution in [2.45, 2.75) is 34.1 Å². The lowest BCUT2D eigenvalue weighted by Crippen LogP contribution is -2.19. The summed E-state index contributed by atoms with van der Waals surface area (Å²) < 4.78 is 5.85. The molecule has 3 aromatic carbocycles. The summed E-state index contributed by atoms with van der Waals surface area (Å²) in [5.74, 6) is 1.27. The number of nitrogens with zero attached hydrogens (tertiary/aromatic N) is 1. The van der Waals surface area contributed by atoms with Gasteiger partial charge < -0.3 is 14.7 Å². The molecule has 0 aliphatic heterocycles. The molecule has 3 rings (SSSR count). The minimum Gasteiger partial charge on any atom is -0.508 e. The molecule has 0 atom stereocenters. The lowest BCUT2D eigenvalue weighted by atomic mass is 9.88. The number of carbonyl (C=O) groups is 1. The Kier molecular flexibility index (Phi) is 11.7. The summed E-state index contributed by atoms with van der Waals surface area (Å²) in [6, 6.07) is 26.2. The van der Waals surface area contributed by atoms with Crippen molar-refractivity contribution >= 4 is 16.9 Å². The first-order valence-electron chi connectivity index (χ1n) is 12.3. The number of phenols is 1. The van der Waals surface area contributed by atoms with Crippen molar-refractivity contribution in [1.82, 2.24) is 4.90 Å². The Morgan fingerprint density at radius 2 is 1.39 bits per heavy atom. The fourth-order valence-electron chi connectivity index (χ4n) is 3.78. The number of hydrogen-bond donors (Lipinski definition) is 1. The maximum absolute atomic E-state index is 10.2. The summed E-state index contributed by atoms with van der Waals surface area (Å²) in [6.45, 7) is 9.09. The molecule has 0 saturated carbocycles. The normalized spacial score (nSPS) is 11.2. The fourth-order valence-corrected chi connectivity index (χ4v) is 3.78. The maximum atomic E-state index is 10.2. The third-order valence-corrected chi connectivity index (χ3v) is 5.38. The predicted molar refractivity (Wildman–Crippen MR) is 151 cm³/mol. The molecule has 0 aliphatic rings. The summed E-state index contributed by atoms with van der Waals surface area (Å²) in [4.78, 5) is 12.3. The molecule has 0 heterocycles. The molecule has 0 saturated heterocycles. The van der Waals surface area contributed by atoms with E-state index in [0.717, 1.165) is 35.4 Å². The van der Waals surface area contributed by atoms with Gasteiger partial charge in [-0.15, -0.1) is 0 Å². The fraction of sp³-hybridized carbons (Fsp3) is 0.281. The quantitative estimate of drug-likeness (QED) is 0.256. The molecule has 0 amide bonds. The highest BCUT2D eigenvalue weighted by Crippen LogP contribution is 2.35. The Bertz CT molecular complexity index is 1140. The molecule has 4 nitrogen and oxygen atoms in total. The molecule has 0 unspecified atom stereocenters. The highest BCUT2D eigenvalue weighted by Gasteiger charge is 2.13. The van der Waals surface area contributed by atoms with Gasteiger partial charge in [-0.1, -0.05) is 67.1 Å². The van der Waals surface area contributed by atoms with Gasteiger partial charge in [-0.05, 0) is 99.5 Å². The Morgan fingerprint density at radius 3 is 1.83 bits per heavy atom. The van der Waals surface area contributed by atoms with Crippen molar-refractivity contribution in [3.8, 4) is 11.5 Å². The zero-order valence-corrected chi connectivity index (χ0v) is 22.4. The lowest BCUT2D eigenvalue weighted by Gasteiger charge is -2.17. The molecule has 1 N–H and O–H groups in total. The summed E-state index contributed by atoms with van der Waals surface area (Å²) >= 11 is 0. The number of ketones is 1. The van der Waals surface area contributed by atoms with Crippen molar-refractivity contribution in [2.75, 3.05) is 27.2 Å². The van der Waals surface area contributed by atoms with Crippen LogP contribution in [0.1, 0.15) is 50.8 Å². The lowest BCUT2D eigenvalue weighted by molar-refractivity contribution is -0.112. The van der Waals surface area contributed by atoms with Crippen molar-refractivity contribution < 1.29 is 14.6 Å². The standard InChI is InChI=1S/C26H29NO2.C6H10O/c1-4-25(20-8-6-5-7-9-20)26(21-10-14-23(28)15-11-21)22-12-16-24(17-13-22)29-19-18-27(2)3;1-5(2)4-6(3)7/h5-17,28H,4,18-19H2,1-3H3;4H,1-3H3/b26-25-;. The topological polar surface area (TPSA) is 49.8 Å². The number of carbonyl (C=O) groups excluding carboxylic acids is 1. The molecular weight excluding hydrogens is 446 g/mol. The van der Waals surface area contributed by atoms with Crippen LogP contribution in [0.3, 0.4) is 0 Å². The molecule has 0 bridgehead atoms. The van der Waals surface area contributed by atoms with E-state index in [1.165, 1.54) is 16.7 Å². The first-order valence-corrected chi connectivity index (χ1v) is 12.3. The van der Waals surface area contributed by atoms with Gasteiger partial charge >= 0.3 is 0 Å². The molecule has 0 aliphatic carbocycles. The third kappa shape index (κ3) is 9.55. The maximum Gasteiger partial charge on any atom is 0.152 e.